The Hall–Kier alpha value is -2.21. The van der Waals surface area contributed by atoms with Crippen LogP contribution in [0.1, 0.15) is 58.6 Å². The van der Waals surface area contributed by atoms with E-state index in [0.717, 1.165) is 17.2 Å². The molecule has 0 unspecified atom stereocenters. The third-order valence-corrected chi connectivity index (χ3v) is 5.85. The first kappa shape index (κ1) is 18.6. The number of carboxylic acid groups (broad SMARTS) is 1. The van der Waals surface area contributed by atoms with Crippen LogP contribution in [0.15, 0.2) is 45.9 Å². The van der Waals surface area contributed by atoms with E-state index in [4.69, 9.17) is 9.52 Å². The minimum Gasteiger partial charge on any atom is -0.478 e. The zero-order chi connectivity index (χ0) is 18.4. The van der Waals surface area contributed by atoms with Crippen molar-refractivity contribution in [1.82, 2.24) is 5.32 Å². The smallest absolute Gasteiger partial charge is 0.339 e. The Kier molecular flexibility index (Phi) is 6.39. The van der Waals surface area contributed by atoms with Gasteiger partial charge in [0.15, 0.2) is 0 Å². The Morgan fingerprint density at radius 3 is 2.69 bits per heavy atom. The number of hydrogen-bond acceptors (Lipinski definition) is 4. The van der Waals surface area contributed by atoms with Crippen molar-refractivity contribution in [3.05, 3.63) is 53.5 Å². The zero-order valence-corrected chi connectivity index (χ0v) is 15.4. The van der Waals surface area contributed by atoms with E-state index in [0.29, 0.717) is 23.6 Å². The number of carboxylic acids is 1. The Balaban J connectivity index is 1.59. The number of aromatic carboxylic acids is 1. The van der Waals surface area contributed by atoms with Gasteiger partial charge >= 0.3 is 5.97 Å². The Bertz CT molecular complexity index is 765. The molecule has 0 spiro atoms. The van der Waals surface area contributed by atoms with Gasteiger partial charge in [0.1, 0.15) is 11.3 Å². The van der Waals surface area contributed by atoms with Crippen LogP contribution in [0.2, 0.25) is 0 Å². The molecule has 1 aromatic carbocycles. The van der Waals surface area contributed by atoms with Gasteiger partial charge in [0.25, 0.3) is 5.91 Å². The summed E-state index contributed by atoms with van der Waals surface area (Å²) in [5.41, 5.74) is 0.781. The molecule has 1 saturated carbocycles. The van der Waals surface area contributed by atoms with Gasteiger partial charge in [0.05, 0.1) is 17.6 Å². The lowest BCUT2D eigenvalue weighted by atomic mass is 10.0. The molecule has 1 aliphatic rings. The van der Waals surface area contributed by atoms with Crippen LogP contribution in [0, 0.1) is 5.92 Å². The predicted octanol–water partition coefficient (Wildman–Crippen LogP) is 4.58. The summed E-state index contributed by atoms with van der Waals surface area (Å²) >= 11 is 1.41. The van der Waals surface area contributed by atoms with Crippen LogP contribution < -0.4 is 5.32 Å². The van der Waals surface area contributed by atoms with E-state index < -0.39 is 5.97 Å². The topological polar surface area (TPSA) is 79.5 Å². The van der Waals surface area contributed by atoms with E-state index >= 15 is 0 Å². The molecule has 26 heavy (non-hydrogen) atoms. The zero-order valence-electron chi connectivity index (χ0n) is 14.6. The predicted molar refractivity (Wildman–Crippen MR) is 101 cm³/mol. The van der Waals surface area contributed by atoms with Crippen molar-refractivity contribution in [2.75, 3.05) is 6.54 Å². The number of rotatable bonds is 8. The standard InChI is InChI=1S/C20H23NO4S/c22-19(21-11-9-14-5-1-2-6-14)16-7-3-4-8-18(16)26-13-17-15(20(23)24)10-12-25-17/h3-4,7-8,10,12,14H,1-2,5-6,9,11,13H2,(H,21,22)(H,23,24). The molecule has 0 aliphatic heterocycles. The molecule has 1 aromatic heterocycles. The van der Waals surface area contributed by atoms with Crippen molar-refractivity contribution >= 4 is 23.6 Å². The normalized spacial score (nSPS) is 14.5. The number of amides is 1. The highest BCUT2D eigenvalue weighted by Gasteiger charge is 2.17. The van der Waals surface area contributed by atoms with E-state index in [9.17, 15) is 9.59 Å². The summed E-state index contributed by atoms with van der Waals surface area (Å²) in [7, 11) is 0. The van der Waals surface area contributed by atoms with Gasteiger partial charge in [-0.3, -0.25) is 4.79 Å². The van der Waals surface area contributed by atoms with Gasteiger partial charge in [-0.05, 0) is 30.5 Å². The van der Waals surface area contributed by atoms with Crippen molar-refractivity contribution in [3.63, 3.8) is 0 Å². The van der Waals surface area contributed by atoms with Crippen molar-refractivity contribution in [2.24, 2.45) is 5.92 Å². The third-order valence-electron chi connectivity index (χ3n) is 4.78. The quantitative estimate of drug-likeness (QED) is 0.662. The lowest BCUT2D eigenvalue weighted by molar-refractivity contribution is 0.0694. The fourth-order valence-corrected chi connectivity index (χ4v) is 4.35. The molecule has 2 aromatic rings. The molecule has 138 valence electrons. The molecule has 2 N–H and O–H groups in total. The molecular weight excluding hydrogens is 350 g/mol. The summed E-state index contributed by atoms with van der Waals surface area (Å²) in [5.74, 6) is 0.421. The molecule has 5 nitrogen and oxygen atoms in total. The monoisotopic (exact) mass is 373 g/mol. The van der Waals surface area contributed by atoms with Gasteiger partial charge in [-0.15, -0.1) is 11.8 Å². The Labute approximate surface area is 157 Å². The maximum absolute atomic E-state index is 12.5. The minimum absolute atomic E-state index is 0.0796. The van der Waals surface area contributed by atoms with Crippen molar-refractivity contribution in [3.8, 4) is 0 Å². The maximum Gasteiger partial charge on any atom is 0.339 e. The SMILES string of the molecule is O=C(NCCC1CCCC1)c1ccccc1SCc1occc1C(=O)O. The van der Waals surface area contributed by atoms with Crippen molar-refractivity contribution in [1.29, 1.82) is 0 Å². The van der Waals surface area contributed by atoms with Crippen molar-refractivity contribution < 1.29 is 19.1 Å². The number of furan rings is 1. The van der Waals surface area contributed by atoms with Crippen LogP contribution in [0.3, 0.4) is 0 Å². The summed E-state index contributed by atoms with van der Waals surface area (Å²) in [6.45, 7) is 0.698. The summed E-state index contributed by atoms with van der Waals surface area (Å²) in [6, 6.07) is 8.83. The summed E-state index contributed by atoms with van der Waals surface area (Å²) < 4.78 is 5.27. The summed E-state index contributed by atoms with van der Waals surface area (Å²) in [5, 5.41) is 12.2. The first-order valence-electron chi connectivity index (χ1n) is 8.95. The van der Waals surface area contributed by atoms with Crippen LogP contribution in [-0.4, -0.2) is 23.5 Å². The van der Waals surface area contributed by atoms with Gasteiger partial charge in [-0.25, -0.2) is 4.79 Å². The summed E-state index contributed by atoms with van der Waals surface area (Å²) in [4.78, 5) is 24.5. The van der Waals surface area contributed by atoms with E-state index in [2.05, 4.69) is 5.32 Å². The molecule has 0 saturated heterocycles. The molecular formula is C20H23NO4S. The second-order valence-corrected chi connectivity index (χ2v) is 7.56. The lowest BCUT2D eigenvalue weighted by Crippen LogP contribution is -2.26. The molecule has 1 amide bonds. The minimum atomic E-state index is -1.01. The van der Waals surface area contributed by atoms with Crippen LogP contribution >= 0.6 is 11.8 Å². The first-order chi connectivity index (χ1) is 12.6. The van der Waals surface area contributed by atoms with Gasteiger partial charge < -0.3 is 14.8 Å². The highest BCUT2D eigenvalue weighted by molar-refractivity contribution is 7.98. The van der Waals surface area contributed by atoms with Crippen LogP contribution in [-0.2, 0) is 5.75 Å². The second kappa shape index (κ2) is 8.94. The van der Waals surface area contributed by atoms with E-state index in [1.54, 1.807) is 6.07 Å². The van der Waals surface area contributed by atoms with E-state index in [1.807, 2.05) is 18.2 Å². The van der Waals surface area contributed by atoms with Crippen molar-refractivity contribution in [2.45, 2.75) is 42.8 Å². The molecule has 6 heteroatoms. The summed E-state index contributed by atoms with van der Waals surface area (Å²) in [6.07, 6.45) is 7.58. The fourth-order valence-electron chi connectivity index (χ4n) is 3.35. The van der Waals surface area contributed by atoms with Gasteiger partial charge in [-0.1, -0.05) is 37.8 Å². The van der Waals surface area contributed by atoms with E-state index in [-0.39, 0.29) is 11.5 Å². The van der Waals surface area contributed by atoms with Crippen LogP contribution in [0.4, 0.5) is 0 Å². The van der Waals surface area contributed by atoms with Crippen LogP contribution in [0.25, 0.3) is 0 Å². The maximum atomic E-state index is 12.5. The number of hydrogen-bond donors (Lipinski definition) is 2. The fraction of sp³-hybridized carbons (Fsp3) is 0.400. The molecule has 0 bridgehead atoms. The van der Waals surface area contributed by atoms with E-state index in [1.165, 1.54) is 49.8 Å². The molecule has 0 radical (unpaired) electrons. The lowest BCUT2D eigenvalue weighted by Gasteiger charge is -2.12. The average Bonchev–Trinajstić information content (AvgIpc) is 3.31. The van der Waals surface area contributed by atoms with Gasteiger partial charge in [0, 0.05) is 11.4 Å². The Morgan fingerprint density at radius 2 is 1.92 bits per heavy atom. The number of benzene rings is 1. The molecule has 0 atom stereocenters. The number of thioether (sulfide) groups is 1. The molecule has 1 aliphatic carbocycles. The number of carbonyl (C=O) groups is 2. The molecule has 1 fully saturated rings. The van der Waals surface area contributed by atoms with Crippen LogP contribution in [0.5, 0.6) is 0 Å². The molecule has 3 rings (SSSR count). The van der Waals surface area contributed by atoms with Gasteiger partial charge in [0.2, 0.25) is 0 Å². The second-order valence-electron chi connectivity index (χ2n) is 6.54. The largest absolute Gasteiger partial charge is 0.478 e. The third kappa shape index (κ3) is 4.69. The highest BCUT2D eigenvalue weighted by Crippen LogP contribution is 2.29. The Morgan fingerprint density at radius 1 is 1.15 bits per heavy atom. The highest BCUT2D eigenvalue weighted by atomic mass is 32.2. The number of carbonyl (C=O) groups excluding carboxylic acids is 1. The average molecular weight is 373 g/mol. The molecule has 1 heterocycles. The first-order valence-corrected chi connectivity index (χ1v) is 9.93. The van der Waals surface area contributed by atoms with Gasteiger partial charge in [-0.2, -0.15) is 0 Å². The number of nitrogens with one attached hydrogen (secondary N) is 1.